The van der Waals surface area contributed by atoms with Gasteiger partial charge in [0.25, 0.3) is 0 Å². The Labute approximate surface area is 93.3 Å². The molecule has 1 unspecified atom stereocenters. The van der Waals surface area contributed by atoms with E-state index in [-0.39, 0.29) is 12.2 Å². The van der Waals surface area contributed by atoms with Crippen molar-refractivity contribution < 1.29 is 9.84 Å². The lowest BCUT2D eigenvalue weighted by Gasteiger charge is -2.31. The summed E-state index contributed by atoms with van der Waals surface area (Å²) in [6.45, 7) is 4.34. The molecule has 1 atom stereocenters. The molecular weight excluding hydrogens is 188 g/mol. The Balaban J connectivity index is 2.38. The molecule has 0 aromatic heterocycles. The Bertz CT molecular complexity index is 197. The van der Waals surface area contributed by atoms with Crippen LogP contribution >= 0.6 is 0 Å². The molecule has 0 bridgehead atoms. The third kappa shape index (κ3) is 5.33. The van der Waals surface area contributed by atoms with Gasteiger partial charge in [-0.3, -0.25) is 0 Å². The molecule has 88 valence electrons. The van der Waals surface area contributed by atoms with Crippen molar-refractivity contribution in [3.8, 4) is 0 Å². The lowest BCUT2D eigenvalue weighted by molar-refractivity contribution is -0.0878. The molecule has 0 spiro atoms. The average Bonchev–Trinajstić information content (AvgIpc) is 2.09. The predicted octanol–water partition coefficient (Wildman–Crippen LogP) is 3.05. The molecule has 0 aromatic rings. The van der Waals surface area contributed by atoms with Gasteiger partial charge >= 0.3 is 0 Å². The molecule has 1 N–H and O–H groups in total. The van der Waals surface area contributed by atoms with Gasteiger partial charge in [0.1, 0.15) is 0 Å². The van der Waals surface area contributed by atoms with E-state index in [2.05, 4.69) is 26.0 Å². The van der Waals surface area contributed by atoms with Gasteiger partial charge in [0.15, 0.2) is 0 Å². The van der Waals surface area contributed by atoms with E-state index in [1.54, 1.807) is 0 Å². The molecule has 1 aliphatic carbocycles. The van der Waals surface area contributed by atoms with Gasteiger partial charge in [0.2, 0.25) is 0 Å². The van der Waals surface area contributed by atoms with Gasteiger partial charge in [-0.15, -0.1) is 0 Å². The van der Waals surface area contributed by atoms with E-state index in [0.29, 0.717) is 6.10 Å². The topological polar surface area (TPSA) is 29.5 Å². The van der Waals surface area contributed by atoms with Crippen LogP contribution in [0.25, 0.3) is 0 Å². The number of rotatable bonds is 4. The van der Waals surface area contributed by atoms with E-state index in [4.69, 9.17) is 9.84 Å². The van der Waals surface area contributed by atoms with Gasteiger partial charge in [-0.05, 0) is 52.4 Å². The molecule has 15 heavy (non-hydrogen) atoms. The fourth-order valence-electron chi connectivity index (χ4n) is 2.02. The van der Waals surface area contributed by atoms with Gasteiger partial charge in [-0.1, -0.05) is 12.2 Å². The van der Waals surface area contributed by atoms with Crippen LogP contribution in [0.3, 0.4) is 0 Å². The molecule has 2 heteroatoms. The zero-order valence-electron chi connectivity index (χ0n) is 10.0. The average molecular weight is 212 g/mol. The number of hydrogen-bond donors (Lipinski definition) is 1. The molecule has 1 aliphatic rings. The van der Waals surface area contributed by atoms with Crippen molar-refractivity contribution in [2.75, 3.05) is 6.61 Å². The van der Waals surface area contributed by atoms with Gasteiger partial charge in [0.05, 0.1) is 11.7 Å². The summed E-state index contributed by atoms with van der Waals surface area (Å²) in [4.78, 5) is 0. The van der Waals surface area contributed by atoms with Crippen molar-refractivity contribution >= 4 is 0 Å². The minimum atomic E-state index is -0.178. The van der Waals surface area contributed by atoms with Crippen LogP contribution in [0.15, 0.2) is 12.2 Å². The molecule has 0 aliphatic heterocycles. The van der Waals surface area contributed by atoms with Crippen LogP contribution in [-0.2, 0) is 4.74 Å². The van der Waals surface area contributed by atoms with Crippen molar-refractivity contribution in [1.82, 2.24) is 0 Å². The van der Waals surface area contributed by atoms with Crippen molar-refractivity contribution in [3.63, 3.8) is 0 Å². The Morgan fingerprint density at radius 1 is 1.27 bits per heavy atom. The van der Waals surface area contributed by atoms with Gasteiger partial charge < -0.3 is 9.84 Å². The number of allylic oxidation sites excluding steroid dienone is 2. The van der Waals surface area contributed by atoms with Crippen molar-refractivity contribution in [2.45, 2.75) is 64.1 Å². The second-order valence-corrected chi connectivity index (χ2v) is 4.95. The molecule has 0 aromatic carbocycles. The smallest absolute Gasteiger partial charge is 0.0652 e. The molecule has 2 nitrogen and oxygen atoms in total. The van der Waals surface area contributed by atoms with Crippen LogP contribution in [0.1, 0.15) is 52.4 Å². The molecular formula is C13H24O2. The fourth-order valence-corrected chi connectivity index (χ4v) is 2.02. The fraction of sp³-hybridized carbons (Fsp3) is 0.846. The molecule has 0 saturated heterocycles. The second kappa shape index (κ2) is 6.29. The molecule has 0 heterocycles. The molecule has 0 amide bonds. The quantitative estimate of drug-likeness (QED) is 0.726. The van der Waals surface area contributed by atoms with Crippen molar-refractivity contribution in [2.24, 2.45) is 0 Å². The number of aliphatic hydroxyl groups is 1. The Morgan fingerprint density at radius 3 is 2.73 bits per heavy atom. The number of hydrogen-bond acceptors (Lipinski definition) is 2. The number of aliphatic hydroxyl groups excluding tert-OH is 1. The summed E-state index contributed by atoms with van der Waals surface area (Å²) in [5.74, 6) is 0. The zero-order valence-corrected chi connectivity index (χ0v) is 10.0. The maximum absolute atomic E-state index is 8.94. The second-order valence-electron chi connectivity index (χ2n) is 4.95. The Morgan fingerprint density at radius 2 is 2.00 bits per heavy atom. The molecule has 0 fully saturated rings. The van der Waals surface area contributed by atoms with E-state index < -0.39 is 0 Å². The minimum Gasteiger partial charge on any atom is -0.396 e. The van der Waals surface area contributed by atoms with Crippen LogP contribution < -0.4 is 0 Å². The van der Waals surface area contributed by atoms with E-state index in [9.17, 15) is 0 Å². The highest BCUT2D eigenvalue weighted by Gasteiger charge is 2.22. The summed E-state index contributed by atoms with van der Waals surface area (Å²) < 4.78 is 6.06. The summed E-state index contributed by atoms with van der Waals surface area (Å²) in [5, 5.41) is 8.94. The van der Waals surface area contributed by atoms with Crippen LogP contribution in [-0.4, -0.2) is 23.4 Å². The van der Waals surface area contributed by atoms with E-state index >= 15 is 0 Å². The third-order valence-electron chi connectivity index (χ3n) is 2.92. The highest BCUT2D eigenvalue weighted by molar-refractivity contribution is 4.86. The normalized spacial score (nSPS) is 25.7. The SMILES string of the molecule is CC(C)(CCO)OC1CC/C=C\CCC1. The highest BCUT2D eigenvalue weighted by atomic mass is 16.5. The lowest BCUT2D eigenvalue weighted by Crippen LogP contribution is -2.31. The minimum absolute atomic E-state index is 0.178. The first-order chi connectivity index (χ1) is 7.14. The van der Waals surface area contributed by atoms with Crippen LogP contribution in [0.5, 0.6) is 0 Å². The largest absolute Gasteiger partial charge is 0.396 e. The first kappa shape index (κ1) is 12.7. The molecule has 0 saturated carbocycles. The van der Waals surface area contributed by atoms with Crippen LogP contribution in [0.2, 0.25) is 0 Å². The monoisotopic (exact) mass is 212 g/mol. The molecule has 1 rings (SSSR count). The van der Waals surface area contributed by atoms with Gasteiger partial charge in [0, 0.05) is 6.61 Å². The van der Waals surface area contributed by atoms with Gasteiger partial charge in [-0.25, -0.2) is 0 Å². The summed E-state index contributed by atoms with van der Waals surface area (Å²) in [6.07, 6.45) is 11.4. The number of ether oxygens (including phenoxy) is 1. The standard InChI is InChI=1S/C13H24O2/c1-13(2,10-11-14)15-12-8-6-4-3-5-7-9-12/h3-4,12,14H,5-11H2,1-2H3/b4-3-. The highest BCUT2D eigenvalue weighted by Crippen LogP contribution is 2.23. The van der Waals surface area contributed by atoms with Gasteiger partial charge in [-0.2, -0.15) is 0 Å². The summed E-state index contributed by atoms with van der Waals surface area (Å²) in [6, 6.07) is 0. The van der Waals surface area contributed by atoms with Crippen LogP contribution in [0, 0.1) is 0 Å². The van der Waals surface area contributed by atoms with Crippen LogP contribution in [0.4, 0.5) is 0 Å². The first-order valence-electron chi connectivity index (χ1n) is 6.08. The molecule has 0 radical (unpaired) electrons. The van der Waals surface area contributed by atoms with Crippen molar-refractivity contribution in [1.29, 1.82) is 0 Å². The van der Waals surface area contributed by atoms with E-state index in [0.717, 1.165) is 25.7 Å². The third-order valence-corrected chi connectivity index (χ3v) is 2.92. The maximum atomic E-state index is 8.94. The Hall–Kier alpha value is -0.340. The summed E-state index contributed by atoms with van der Waals surface area (Å²) in [5.41, 5.74) is -0.178. The van der Waals surface area contributed by atoms with E-state index in [1.807, 2.05) is 0 Å². The van der Waals surface area contributed by atoms with Crippen molar-refractivity contribution in [3.05, 3.63) is 12.2 Å². The van der Waals surface area contributed by atoms with E-state index in [1.165, 1.54) is 12.8 Å². The zero-order chi connectivity index (χ0) is 11.1. The lowest BCUT2D eigenvalue weighted by atomic mass is 10.0. The Kier molecular flexibility index (Phi) is 5.34. The maximum Gasteiger partial charge on any atom is 0.0652 e. The first-order valence-corrected chi connectivity index (χ1v) is 6.08. The predicted molar refractivity (Wildman–Crippen MR) is 62.9 cm³/mol. The summed E-state index contributed by atoms with van der Waals surface area (Å²) >= 11 is 0. The summed E-state index contributed by atoms with van der Waals surface area (Å²) in [7, 11) is 0.